The van der Waals surface area contributed by atoms with Crippen molar-refractivity contribution in [1.29, 1.82) is 0 Å². The van der Waals surface area contributed by atoms with Gasteiger partial charge in [-0.1, -0.05) is 51.1 Å². The van der Waals surface area contributed by atoms with E-state index in [9.17, 15) is 10.0 Å². The van der Waals surface area contributed by atoms with Gasteiger partial charge in [0.2, 0.25) is 0 Å². The zero-order valence-electron chi connectivity index (χ0n) is 20.6. The molecule has 1 saturated heterocycles. The number of benzene rings is 1. The molecule has 1 aliphatic rings. The van der Waals surface area contributed by atoms with Crippen molar-refractivity contribution in [3.63, 3.8) is 0 Å². The van der Waals surface area contributed by atoms with E-state index in [0.717, 1.165) is 12.0 Å². The first-order valence-electron chi connectivity index (χ1n) is 11.3. The highest BCUT2D eigenvalue weighted by molar-refractivity contribution is 6.74. The van der Waals surface area contributed by atoms with Crippen molar-refractivity contribution in [2.45, 2.75) is 96.8 Å². The summed E-state index contributed by atoms with van der Waals surface area (Å²) < 4.78 is 12.3. The first kappa shape index (κ1) is 25.8. The Balaban J connectivity index is 2.04. The monoisotopic (exact) mass is 450 g/mol. The first-order valence-corrected chi connectivity index (χ1v) is 14.2. The van der Waals surface area contributed by atoms with Crippen LogP contribution in [0, 0.1) is 0 Å². The van der Waals surface area contributed by atoms with Crippen molar-refractivity contribution in [2.75, 3.05) is 13.1 Å². The van der Waals surface area contributed by atoms with Crippen molar-refractivity contribution in [3.8, 4) is 0 Å². The second-order valence-electron chi connectivity index (χ2n) is 11.2. The largest absolute Gasteiger partial charge is 0.444 e. The third-order valence-corrected chi connectivity index (χ3v) is 10.7. The molecule has 31 heavy (non-hydrogen) atoms. The molecule has 7 heteroatoms. The van der Waals surface area contributed by atoms with Gasteiger partial charge >= 0.3 is 6.09 Å². The summed E-state index contributed by atoms with van der Waals surface area (Å²) in [5.74, 6) is 0. The molecular formula is C24H42N2O4Si. The Hall–Kier alpha value is -1.41. The third-order valence-electron chi connectivity index (χ3n) is 6.20. The normalized spacial score (nSPS) is 20.4. The summed E-state index contributed by atoms with van der Waals surface area (Å²) in [5, 5.41) is 11.8. The lowest BCUT2D eigenvalue weighted by Crippen LogP contribution is -2.45. The summed E-state index contributed by atoms with van der Waals surface area (Å²) in [5.41, 5.74) is 0.510. The molecule has 1 N–H and O–H groups in total. The number of hydroxylamine groups is 2. The van der Waals surface area contributed by atoms with Crippen LogP contribution in [0.4, 0.5) is 4.79 Å². The van der Waals surface area contributed by atoms with Gasteiger partial charge in [-0.15, -0.1) is 0 Å². The Morgan fingerprint density at radius 2 is 1.77 bits per heavy atom. The average Bonchev–Trinajstić information content (AvgIpc) is 3.00. The summed E-state index contributed by atoms with van der Waals surface area (Å²) in [4.78, 5) is 14.7. The van der Waals surface area contributed by atoms with Gasteiger partial charge in [-0.25, -0.2) is 4.79 Å². The van der Waals surface area contributed by atoms with Crippen molar-refractivity contribution >= 4 is 14.4 Å². The Morgan fingerprint density at radius 1 is 1.16 bits per heavy atom. The summed E-state index contributed by atoms with van der Waals surface area (Å²) in [6, 6.07) is 9.87. The molecule has 1 fully saturated rings. The molecule has 2 rings (SSSR count). The molecule has 1 heterocycles. The van der Waals surface area contributed by atoms with Crippen LogP contribution in [0.5, 0.6) is 0 Å². The zero-order valence-corrected chi connectivity index (χ0v) is 21.6. The molecule has 0 spiro atoms. The maximum absolute atomic E-state index is 12.9. The number of rotatable bonds is 7. The van der Waals surface area contributed by atoms with E-state index in [4.69, 9.17) is 9.16 Å². The van der Waals surface area contributed by atoms with Crippen LogP contribution in [-0.4, -0.2) is 60.4 Å². The second-order valence-corrected chi connectivity index (χ2v) is 15.9. The highest BCUT2D eigenvalue weighted by Crippen LogP contribution is 2.39. The summed E-state index contributed by atoms with van der Waals surface area (Å²) in [6.45, 7) is 18.3. The van der Waals surface area contributed by atoms with Crippen LogP contribution >= 0.6 is 0 Å². The fraction of sp³-hybridized carbons (Fsp3) is 0.708. The van der Waals surface area contributed by atoms with Gasteiger partial charge in [0.05, 0.1) is 6.10 Å². The van der Waals surface area contributed by atoms with Gasteiger partial charge in [0.25, 0.3) is 0 Å². The molecule has 1 aromatic rings. The minimum atomic E-state index is -1.95. The Labute approximate surface area is 189 Å². The molecule has 176 valence electrons. The maximum Gasteiger partial charge on any atom is 0.410 e. The van der Waals surface area contributed by atoms with Crippen LogP contribution in [-0.2, 0) is 15.7 Å². The van der Waals surface area contributed by atoms with E-state index < -0.39 is 13.9 Å². The van der Waals surface area contributed by atoms with Gasteiger partial charge in [-0.05, 0) is 57.3 Å². The SMILES string of the molecule is CC(C)(C)OC(=O)N1CC(O[Si](C)(C)C(C)(C)C)C[C@@H]1CCN(O)Cc1ccccc1. The van der Waals surface area contributed by atoms with E-state index in [1.165, 1.54) is 5.06 Å². The van der Waals surface area contributed by atoms with Gasteiger partial charge in [0, 0.05) is 25.7 Å². The summed E-state index contributed by atoms with van der Waals surface area (Å²) in [7, 11) is -1.95. The van der Waals surface area contributed by atoms with Crippen LogP contribution < -0.4 is 0 Å². The predicted molar refractivity (Wildman–Crippen MR) is 127 cm³/mol. The van der Waals surface area contributed by atoms with Gasteiger partial charge < -0.3 is 19.3 Å². The van der Waals surface area contributed by atoms with E-state index in [1.807, 2.05) is 51.1 Å². The van der Waals surface area contributed by atoms with E-state index in [-0.39, 0.29) is 23.3 Å². The highest BCUT2D eigenvalue weighted by atomic mass is 28.4. The minimum absolute atomic E-state index is 0.000300. The van der Waals surface area contributed by atoms with Crippen molar-refractivity contribution < 1.29 is 19.2 Å². The number of hydrogen-bond donors (Lipinski definition) is 1. The number of likely N-dealkylation sites (tertiary alicyclic amines) is 1. The third kappa shape index (κ3) is 7.90. The minimum Gasteiger partial charge on any atom is -0.444 e. The van der Waals surface area contributed by atoms with Crippen LogP contribution in [0.25, 0.3) is 0 Å². The summed E-state index contributed by atoms with van der Waals surface area (Å²) >= 11 is 0. The lowest BCUT2D eigenvalue weighted by molar-refractivity contribution is -0.103. The van der Waals surface area contributed by atoms with Gasteiger partial charge in [0.1, 0.15) is 5.60 Å². The molecule has 1 aliphatic heterocycles. The number of hydrogen-bond acceptors (Lipinski definition) is 5. The van der Waals surface area contributed by atoms with E-state index in [0.29, 0.717) is 26.1 Å². The first-order chi connectivity index (χ1) is 14.2. The summed E-state index contributed by atoms with van der Waals surface area (Å²) in [6.07, 6.45) is 1.14. The molecule has 2 atom stereocenters. The van der Waals surface area contributed by atoms with Crippen molar-refractivity contribution in [2.24, 2.45) is 0 Å². The lowest BCUT2D eigenvalue weighted by Gasteiger charge is -2.38. The van der Waals surface area contributed by atoms with E-state index in [1.54, 1.807) is 4.90 Å². The number of ether oxygens (including phenoxy) is 1. The van der Waals surface area contributed by atoms with Crippen LogP contribution in [0.3, 0.4) is 0 Å². The molecule has 1 aromatic carbocycles. The van der Waals surface area contributed by atoms with Crippen molar-refractivity contribution in [3.05, 3.63) is 35.9 Å². The van der Waals surface area contributed by atoms with Crippen LogP contribution in [0.15, 0.2) is 30.3 Å². The van der Waals surface area contributed by atoms with E-state index in [2.05, 4.69) is 33.9 Å². The molecule has 6 nitrogen and oxygen atoms in total. The van der Waals surface area contributed by atoms with Crippen LogP contribution in [0.1, 0.15) is 59.9 Å². The maximum atomic E-state index is 12.9. The number of carbonyl (C=O) groups is 1. The standard InChI is InChI=1S/C24H42N2O4Si/c1-23(2,3)29-22(27)26-18-21(30-31(7,8)24(4,5)6)16-20(26)14-15-25(28)17-19-12-10-9-11-13-19/h9-13,20-21,28H,14-18H2,1-8H3/t20-,21?/m0/s1. The molecule has 1 unspecified atom stereocenters. The molecule has 0 aromatic heterocycles. The second kappa shape index (κ2) is 10.0. The Bertz CT molecular complexity index is 713. The zero-order chi connectivity index (χ0) is 23.4. The molecular weight excluding hydrogens is 408 g/mol. The molecule has 0 radical (unpaired) electrons. The molecule has 0 aliphatic carbocycles. The number of nitrogens with zero attached hydrogens (tertiary/aromatic N) is 2. The lowest BCUT2D eigenvalue weighted by atomic mass is 10.1. The molecule has 0 bridgehead atoms. The fourth-order valence-corrected chi connectivity index (χ4v) is 4.90. The Morgan fingerprint density at radius 3 is 2.32 bits per heavy atom. The van der Waals surface area contributed by atoms with Crippen LogP contribution in [0.2, 0.25) is 18.1 Å². The fourth-order valence-electron chi connectivity index (χ4n) is 3.54. The van der Waals surface area contributed by atoms with Gasteiger partial charge in [-0.3, -0.25) is 0 Å². The van der Waals surface area contributed by atoms with Gasteiger partial charge in [0.15, 0.2) is 8.32 Å². The van der Waals surface area contributed by atoms with E-state index >= 15 is 0 Å². The molecule has 1 amide bonds. The quantitative estimate of drug-likeness (QED) is 0.428. The topological polar surface area (TPSA) is 62.2 Å². The number of amides is 1. The van der Waals surface area contributed by atoms with Gasteiger partial charge in [-0.2, -0.15) is 5.06 Å². The smallest absolute Gasteiger partial charge is 0.410 e. The highest BCUT2D eigenvalue weighted by Gasteiger charge is 2.44. The Kier molecular flexibility index (Phi) is 8.36. The number of carbonyl (C=O) groups excluding carboxylic acids is 1. The molecule has 0 saturated carbocycles. The average molecular weight is 451 g/mol. The predicted octanol–water partition coefficient (Wildman–Crippen LogP) is 5.67. The van der Waals surface area contributed by atoms with Crippen molar-refractivity contribution in [1.82, 2.24) is 9.96 Å².